The Morgan fingerprint density at radius 2 is 1.66 bits per heavy atom. The molecule has 6 heteroatoms. The molecule has 1 aliphatic rings. The molecule has 0 radical (unpaired) electrons. The number of ketones is 1. The molecule has 0 saturated carbocycles. The first kappa shape index (κ1) is 24.7. The molecule has 0 spiro atoms. The van der Waals surface area contributed by atoms with Crippen LogP contribution in [0.1, 0.15) is 54.6 Å². The van der Waals surface area contributed by atoms with Crippen molar-refractivity contribution in [2.45, 2.75) is 46.1 Å². The zero-order chi connectivity index (χ0) is 25.7. The SMILES string of the molecule is Cc1cc(/C(O)=C2\C(=O)C(=O)N(c3cccc(Cl)c3C)C2c2ccc(C(C)(C)C)cc2)ccc1F. The summed E-state index contributed by atoms with van der Waals surface area (Å²) >= 11 is 6.35. The molecule has 35 heavy (non-hydrogen) atoms. The van der Waals surface area contributed by atoms with Gasteiger partial charge in [-0.2, -0.15) is 0 Å². The first-order valence-electron chi connectivity index (χ1n) is 11.3. The summed E-state index contributed by atoms with van der Waals surface area (Å²) in [5, 5.41) is 11.7. The van der Waals surface area contributed by atoms with E-state index in [4.69, 9.17) is 11.6 Å². The number of aliphatic hydroxyl groups excluding tert-OH is 1. The number of carbonyl (C=O) groups is 2. The summed E-state index contributed by atoms with van der Waals surface area (Å²) in [6.45, 7) is 9.64. The van der Waals surface area contributed by atoms with Gasteiger partial charge in [0.2, 0.25) is 0 Å². The van der Waals surface area contributed by atoms with Gasteiger partial charge in [-0.05, 0) is 71.8 Å². The first-order valence-corrected chi connectivity index (χ1v) is 11.7. The summed E-state index contributed by atoms with van der Waals surface area (Å²) in [6, 6.07) is 16.0. The number of amides is 1. The van der Waals surface area contributed by atoms with E-state index in [1.165, 1.54) is 23.1 Å². The molecule has 3 aromatic rings. The van der Waals surface area contributed by atoms with E-state index in [0.717, 1.165) is 5.56 Å². The Kier molecular flexibility index (Phi) is 6.32. The lowest BCUT2D eigenvalue weighted by Gasteiger charge is -2.28. The van der Waals surface area contributed by atoms with Crippen LogP contribution in [0.5, 0.6) is 0 Å². The third kappa shape index (κ3) is 4.37. The van der Waals surface area contributed by atoms with Gasteiger partial charge in [0.1, 0.15) is 11.6 Å². The fraction of sp³-hybridized carbons (Fsp3) is 0.241. The lowest BCUT2D eigenvalue weighted by atomic mass is 9.85. The smallest absolute Gasteiger partial charge is 0.300 e. The lowest BCUT2D eigenvalue weighted by Crippen LogP contribution is -2.30. The van der Waals surface area contributed by atoms with Crippen molar-refractivity contribution in [3.8, 4) is 0 Å². The van der Waals surface area contributed by atoms with Gasteiger partial charge in [0.05, 0.1) is 11.6 Å². The van der Waals surface area contributed by atoms with Crippen LogP contribution >= 0.6 is 11.6 Å². The maximum absolute atomic E-state index is 13.9. The van der Waals surface area contributed by atoms with Gasteiger partial charge in [0, 0.05) is 16.3 Å². The van der Waals surface area contributed by atoms with E-state index in [1.54, 1.807) is 32.0 Å². The van der Waals surface area contributed by atoms with Crippen molar-refractivity contribution >= 4 is 34.7 Å². The number of anilines is 1. The molecule has 1 amide bonds. The Morgan fingerprint density at radius 3 is 2.26 bits per heavy atom. The van der Waals surface area contributed by atoms with Gasteiger partial charge in [-0.1, -0.05) is 62.7 Å². The van der Waals surface area contributed by atoms with Crippen LogP contribution in [0, 0.1) is 19.7 Å². The molecule has 0 bridgehead atoms. The molecule has 3 aromatic carbocycles. The van der Waals surface area contributed by atoms with Crippen LogP contribution in [-0.2, 0) is 15.0 Å². The molecule has 1 N–H and O–H groups in total. The zero-order valence-corrected chi connectivity index (χ0v) is 21.1. The molecule has 1 unspecified atom stereocenters. The lowest BCUT2D eigenvalue weighted by molar-refractivity contribution is -0.132. The minimum Gasteiger partial charge on any atom is -0.507 e. The van der Waals surface area contributed by atoms with E-state index in [-0.39, 0.29) is 22.3 Å². The third-order valence-corrected chi connectivity index (χ3v) is 6.88. The van der Waals surface area contributed by atoms with Crippen molar-refractivity contribution in [2.24, 2.45) is 0 Å². The van der Waals surface area contributed by atoms with Gasteiger partial charge in [0.15, 0.2) is 0 Å². The van der Waals surface area contributed by atoms with E-state index < -0.39 is 23.5 Å². The molecule has 180 valence electrons. The van der Waals surface area contributed by atoms with E-state index in [2.05, 4.69) is 20.8 Å². The van der Waals surface area contributed by atoms with E-state index >= 15 is 0 Å². The minimum atomic E-state index is -0.883. The van der Waals surface area contributed by atoms with E-state index in [1.807, 2.05) is 24.3 Å². The van der Waals surface area contributed by atoms with Gasteiger partial charge in [-0.25, -0.2) is 4.39 Å². The molecular formula is C29H27ClFNO3. The summed E-state index contributed by atoms with van der Waals surface area (Å²) in [5.41, 5.74) is 3.33. The number of nitrogens with zero attached hydrogens (tertiary/aromatic N) is 1. The summed E-state index contributed by atoms with van der Waals surface area (Å²) < 4.78 is 13.9. The second-order valence-electron chi connectivity index (χ2n) is 9.89. The topological polar surface area (TPSA) is 57.6 Å². The van der Waals surface area contributed by atoms with Crippen molar-refractivity contribution < 1.29 is 19.1 Å². The molecule has 1 saturated heterocycles. The molecule has 1 heterocycles. The highest BCUT2D eigenvalue weighted by Gasteiger charge is 2.47. The van der Waals surface area contributed by atoms with E-state index in [0.29, 0.717) is 27.4 Å². The van der Waals surface area contributed by atoms with Crippen molar-refractivity contribution in [3.05, 3.63) is 105 Å². The fourth-order valence-electron chi connectivity index (χ4n) is 4.37. The van der Waals surface area contributed by atoms with Crippen LogP contribution < -0.4 is 4.90 Å². The molecular weight excluding hydrogens is 465 g/mol. The molecule has 1 atom stereocenters. The van der Waals surface area contributed by atoms with Gasteiger partial charge in [0.25, 0.3) is 11.7 Å². The molecule has 4 nitrogen and oxygen atoms in total. The van der Waals surface area contributed by atoms with E-state index in [9.17, 15) is 19.1 Å². The normalized spacial score (nSPS) is 17.8. The number of Topliss-reactive ketones (excluding diaryl/α,β-unsaturated/α-hetero) is 1. The number of hydrogen-bond donors (Lipinski definition) is 1. The summed E-state index contributed by atoms with van der Waals surface area (Å²) in [7, 11) is 0. The van der Waals surface area contributed by atoms with Crippen molar-refractivity contribution in [3.63, 3.8) is 0 Å². The van der Waals surface area contributed by atoms with Crippen molar-refractivity contribution in [2.75, 3.05) is 4.90 Å². The predicted molar refractivity (Wildman–Crippen MR) is 137 cm³/mol. The van der Waals surface area contributed by atoms with Crippen LogP contribution in [0.2, 0.25) is 5.02 Å². The molecule has 1 aliphatic heterocycles. The van der Waals surface area contributed by atoms with Crippen molar-refractivity contribution in [1.82, 2.24) is 0 Å². The second-order valence-corrected chi connectivity index (χ2v) is 10.3. The van der Waals surface area contributed by atoms with Crippen LogP contribution in [0.25, 0.3) is 5.76 Å². The molecule has 0 aromatic heterocycles. The second kappa shape index (κ2) is 8.97. The maximum atomic E-state index is 13.9. The van der Waals surface area contributed by atoms with Crippen LogP contribution in [0.4, 0.5) is 10.1 Å². The van der Waals surface area contributed by atoms with Gasteiger partial charge in [-0.15, -0.1) is 0 Å². The van der Waals surface area contributed by atoms with Gasteiger partial charge < -0.3 is 5.11 Å². The summed E-state index contributed by atoms with van der Waals surface area (Å²) in [5.74, 6) is -2.35. The van der Waals surface area contributed by atoms with Gasteiger partial charge in [-0.3, -0.25) is 14.5 Å². The quantitative estimate of drug-likeness (QED) is 0.243. The molecule has 4 rings (SSSR count). The Balaban J connectivity index is 1.97. The first-order chi connectivity index (χ1) is 16.4. The highest BCUT2D eigenvalue weighted by molar-refractivity contribution is 6.52. The molecule has 1 fully saturated rings. The Morgan fingerprint density at radius 1 is 1.00 bits per heavy atom. The summed E-state index contributed by atoms with van der Waals surface area (Å²) in [6.07, 6.45) is 0. The minimum absolute atomic E-state index is 0.0520. The van der Waals surface area contributed by atoms with Crippen LogP contribution in [0.15, 0.2) is 66.2 Å². The Labute approximate surface area is 209 Å². The number of aryl methyl sites for hydroxylation is 1. The number of carbonyl (C=O) groups excluding carboxylic acids is 2. The highest BCUT2D eigenvalue weighted by atomic mass is 35.5. The Hall–Kier alpha value is -3.44. The largest absolute Gasteiger partial charge is 0.507 e. The zero-order valence-electron chi connectivity index (χ0n) is 20.3. The fourth-order valence-corrected chi connectivity index (χ4v) is 4.54. The molecule has 0 aliphatic carbocycles. The van der Waals surface area contributed by atoms with Gasteiger partial charge >= 0.3 is 0 Å². The monoisotopic (exact) mass is 491 g/mol. The average molecular weight is 492 g/mol. The Bertz CT molecular complexity index is 1370. The number of aliphatic hydroxyl groups is 1. The number of rotatable bonds is 3. The van der Waals surface area contributed by atoms with Crippen LogP contribution in [0.3, 0.4) is 0 Å². The van der Waals surface area contributed by atoms with Crippen LogP contribution in [-0.4, -0.2) is 16.8 Å². The third-order valence-electron chi connectivity index (χ3n) is 6.47. The predicted octanol–water partition coefficient (Wildman–Crippen LogP) is 7.02. The standard InChI is InChI=1S/C29H27ClFNO3/c1-16-15-19(11-14-22(16)31)26(33)24-25(18-9-12-20(13-10-18)29(3,4)5)32(28(35)27(24)34)23-8-6-7-21(30)17(23)2/h6-15,25,33H,1-5H3/b26-24+. The maximum Gasteiger partial charge on any atom is 0.300 e. The highest BCUT2D eigenvalue weighted by Crippen LogP contribution is 2.44. The average Bonchev–Trinajstić information content (AvgIpc) is 3.07. The number of halogens is 2. The number of hydrogen-bond acceptors (Lipinski definition) is 3. The summed E-state index contributed by atoms with van der Waals surface area (Å²) in [4.78, 5) is 28.1. The number of benzene rings is 3. The van der Waals surface area contributed by atoms with Crippen molar-refractivity contribution in [1.29, 1.82) is 0 Å².